The van der Waals surface area contributed by atoms with Crippen LogP contribution in [0.2, 0.25) is 0 Å². The summed E-state index contributed by atoms with van der Waals surface area (Å²) in [5.74, 6) is -4.37. The lowest BCUT2D eigenvalue weighted by Crippen LogP contribution is -2.34. The zero-order valence-electron chi connectivity index (χ0n) is 31.1. The Morgan fingerprint density at radius 1 is 0.719 bits per heavy atom. The molecule has 310 valence electrons. The van der Waals surface area contributed by atoms with Crippen LogP contribution in [0, 0.1) is 0 Å². The van der Waals surface area contributed by atoms with Crippen molar-refractivity contribution in [2.75, 3.05) is 72.6 Å². The van der Waals surface area contributed by atoms with Crippen molar-refractivity contribution < 1.29 is 73.7 Å². The minimum Gasteiger partial charge on any atom is -0.508 e. The number of esters is 1. The molecular weight excluding hydrogens is 752 g/mol. The second-order valence-electron chi connectivity index (χ2n) is 12.9. The predicted molar refractivity (Wildman–Crippen MR) is 198 cm³/mol. The molecule has 19 heteroatoms. The minimum atomic E-state index is -1.19. The number of phenolic OH excluding ortho intramolecular Hbond substituents is 7. The highest BCUT2D eigenvalue weighted by Crippen LogP contribution is 2.46. The van der Waals surface area contributed by atoms with Gasteiger partial charge in [-0.2, -0.15) is 0 Å². The van der Waals surface area contributed by atoms with Gasteiger partial charge in [-0.25, -0.2) is 9.48 Å². The lowest BCUT2D eigenvalue weighted by atomic mass is 9.93. The summed E-state index contributed by atoms with van der Waals surface area (Å²) in [6, 6.07) is 6.82. The molecule has 0 fully saturated rings. The third kappa shape index (κ3) is 12.2. The maximum absolute atomic E-state index is 13.4. The molecule has 1 aliphatic heterocycles. The van der Waals surface area contributed by atoms with Crippen molar-refractivity contribution in [3.63, 3.8) is 0 Å². The average molecular weight is 801 g/mol. The van der Waals surface area contributed by atoms with Gasteiger partial charge in [-0.1, -0.05) is 5.21 Å². The van der Waals surface area contributed by atoms with Crippen LogP contribution in [0.3, 0.4) is 0 Å². The maximum Gasteiger partial charge on any atom is 0.338 e. The molecule has 3 aromatic carbocycles. The fourth-order valence-electron chi connectivity index (χ4n) is 5.88. The summed E-state index contributed by atoms with van der Waals surface area (Å²) in [6.07, 6.45) is -0.310. The van der Waals surface area contributed by atoms with Gasteiger partial charge in [0.05, 0.1) is 83.9 Å². The first-order valence-corrected chi connectivity index (χ1v) is 18.2. The third-order valence-corrected chi connectivity index (χ3v) is 8.72. The molecule has 0 spiro atoms. The Balaban J connectivity index is 1.06. The molecule has 0 bridgehead atoms. The number of rotatable bonds is 23. The number of hydrogen-bond donors (Lipinski definition) is 8. The summed E-state index contributed by atoms with van der Waals surface area (Å²) in [4.78, 5) is 13.4. The first kappa shape index (κ1) is 42.6. The van der Waals surface area contributed by atoms with E-state index in [2.05, 4.69) is 10.3 Å². The first-order chi connectivity index (χ1) is 27.5. The third-order valence-electron chi connectivity index (χ3n) is 8.72. The lowest BCUT2D eigenvalue weighted by molar-refractivity contribution is -0.0189. The summed E-state index contributed by atoms with van der Waals surface area (Å²) in [5, 5.41) is 80.4. The van der Waals surface area contributed by atoms with Gasteiger partial charge in [0, 0.05) is 48.0 Å². The number of carbonyl (C=O) groups is 1. The van der Waals surface area contributed by atoms with Gasteiger partial charge >= 0.3 is 5.97 Å². The molecule has 57 heavy (non-hydrogen) atoms. The molecule has 0 aliphatic carbocycles. The van der Waals surface area contributed by atoms with Gasteiger partial charge in [-0.3, -0.25) is 0 Å². The maximum atomic E-state index is 13.4. The van der Waals surface area contributed by atoms with Gasteiger partial charge in [0.25, 0.3) is 0 Å². The van der Waals surface area contributed by atoms with Crippen LogP contribution in [0.1, 0.15) is 38.8 Å². The average Bonchev–Trinajstić information content (AvgIpc) is 3.63. The standard InChI is InChI=1S/C38H48N4O15/c39-3-5-51-7-9-53-11-13-55-14-12-54-10-8-52-6-4-42-22-25(40-41-42)1-2-27-29(44)17-24(18-30(27)45)38(50)57-35-21-28-31(46)19-26(43)20-34(28)56-37(35)23-15-32(47)36(49)33(48)16-23/h15-20,22,35,37,43-49H,1-14,21,39H2/t35-,37-/m1/s1. The van der Waals surface area contributed by atoms with E-state index in [-0.39, 0.29) is 63.8 Å². The summed E-state index contributed by atoms with van der Waals surface area (Å²) < 4.78 is 40.4. The van der Waals surface area contributed by atoms with Crippen molar-refractivity contribution in [1.29, 1.82) is 0 Å². The summed E-state index contributed by atoms with van der Waals surface area (Å²) in [6.45, 7) is 5.42. The second kappa shape index (κ2) is 21.1. The molecule has 19 nitrogen and oxygen atoms in total. The molecule has 5 rings (SSSR count). The Morgan fingerprint density at radius 2 is 1.30 bits per heavy atom. The molecule has 0 saturated heterocycles. The number of nitrogens with zero attached hydrogens (tertiary/aromatic N) is 3. The molecule has 0 amide bonds. The number of aryl methyl sites for hydroxylation is 1. The lowest BCUT2D eigenvalue weighted by Gasteiger charge is -2.34. The summed E-state index contributed by atoms with van der Waals surface area (Å²) in [7, 11) is 0. The SMILES string of the molecule is NCCOCCOCCOCCOCCOCCn1cc(CCc2c(O)cc(C(=O)O[C@@H]3Cc4c(O)cc(O)cc4O[C@@H]3c3cc(O)c(O)c(O)c3)cc2O)nn1. The van der Waals surface area contributed by atoms with Crippen LogP contribution in [-0.2, 0) is 54.2 Å². The van der Waals surface area contributed by atoms with Crippen molar-refractivity contribution >= 4 is 5.97 Å². The molecule has 1 aliphatic rings. The molecule has 0 radical (unpaired) electrons. The number of nitrogens with two attached hydrogens (primary N) is 1. The Labute approximate surface area is 327 Å². The van der Waals surface area contributed by atoms with E-state index in [9.17, 15) is 40.5 Å². The highest BCUT2D eigenvalue weighted by Gasteiger charge is 2.37. The number of phenols is 7. The number of carbonyl (C=O) groups excluding carboxylic acids is 1. The Hall–Kier alpha value is -5.57. The molecule has 2 atom stereocenters. The van der Waals surface area contributed by atoms with Crippen LogP contribution in [0.4, 0.5) is 0 Å². The van der Waals surface area contributed by atoms with Crippen molar-refractivity contribution in [3.8, 4) is 46.0 Å². The zero-order valence-corrected chi connectivity index (χ0v) is 31.1. The fraction of sp³-hybridized carbons (Fsp3) is 0.447. The van der Waals surface area contributed by atoms with Crippen LogP contribution < -0.4 is 10.5 Å². The molecule has 0 saturated carbocycles. The van der Waals surface area contributed by atoms with Crippen molar-refractivity contribution in [2.24, 2.45) is 5.73 Å². The highest BCUT2D eigenvalue weighted by atomic mass is 16.6. The molecule has 9 N–H and O–H groups in total. The van der Waals surface area contributed by atoms with Crippen LogP contribution in [-0.4, -0.2) is 135 Å². The van der Waals surface area contributed by atoms with Crippen molar-refractivity contribution in [2.45, 2.75) is 38.0 Å². The van der Waals surface area contributed by atoms with Gasteiger partial charge in [-0.15, -0.1) is 5.10 Å². The Bertz CT molecular complexity index is 1880. The van der Waals surface area contributed by atoms with E-state index in [1.54, 1.807) is 10.9 Å². The van der Waals surface area contributed by atoms with Gasteiger partial charge in [0.2, 0.25) is 0 Å². The minimum absolute atomic E-state index is 0.0593. The summed E-state index contributed by atoms with van der Waals surface area (Å²) >= 11 is 0. The van der Waals surface area contributed by atoms with Crippen LogP contribution in [0.15, 0.2) is 42.6 Å². The second-order valence-corrected chi connectivity index (χ2v) is 12.9. The predicted octanol–water partition coefficient (Wildman–Crippen LogP) is 1.95. The van der Waals surface area contributed by atoms with E-state index in [0.717, 1.165) is 30.3 Å². The van der Waals surface area contributed by atoms with E-state index in [1.807, 2.05) is 0 Å². The topological polar surface area (TPSA) is 280 Å². The van der Waals surface area contributed by atoms with Crippen molar-refractivity contribution in [3.05, 3.63) is 70.5 Å². The van der Waals surface area contributed by atoms with Crippen molar-refractivity contribution in [1.82, 2.24) is 15.0 Å². The monoisotopic (exact) mass is 800 g/mol. The number of benzene rings is 3. The smallest absolute Gasteiger partial charge is 0.338 e. The largest absolute Gasteiger partial charge is 0.508 e. The quantitative estimate of drug-likeness (QED) is 0.0302. The van der Waals surface area contributed by atoms with E-state index in [1.165, 1.54) is 6.07 Å². The van der Waals surface area contributed by atoms with E-state index in [0.29, 0.717) is 91.3 Å². The molecule has 4 aromatic rings. The fourth-order valence-corrected chi connectivity index (χ4v) is 5.88. The van der Waals surface area contributed by atoms with E-state index in [4.69, 9.17) is 38.9 Å². The van der Waals surface area contributed by atoms with Gasteiger partial charge in [0.15, 0.2) is 23.4 Å². The zero-order chi connectivity index (χ0) is 40.7. The number of ether oxygens (including phenoxy) is 7. The Morgan fingerprint density at radius 3 is 1.89 bits per heavy atom. The first-order valence-electron chi connectivity index (χ1n) is 18.2. The van der Waals surface area contributed by atoms with Crippen LogP contribution >= 0.6 is 0 Å². The van der Waals surface area contributed by atoms with Crippen LogP contribution in [0.5, 0.6) is 46.0 Å². The van der Waals surface area contributed by atoms with Gasteiger partial charge < -0.3 is 74.6 Å². The summed E-state index contributed by atoms with van der Waals surface area (Å²) in [5.41, 5.74) is 6.22. The van der Waals surface area contributed by atoms with Gasteiger partial charge in [0.1, 0.15) is 34.9 Å². The number of aromatic hydroxyl groups is 7. The van der Waals surface area contributed by atoms with Gasteiger partial charge in [-0.05, 0) is 37.1 Å². The number of fused-ring (bicyclic) bond motifs is 1. The Kier molecular flexibility index (Phi) is 15.8. The number of aromatic nitrogens is 3. The van der Waals surface area contributed by atoms with E-state index < -0.39 is 35.4 Å². The molecular formula is C38H48N4O15. The van der Waals surface area contributed by atoms with E-state index >= 15 is 0 Å². The highest BCUT2D eigenvalue weighted by molar-refractivity contribution is 5.91. The normalized spacial score (nSPS) is 15.0. The van der Waals surface area contributed by atoms with Crippen LogP contribution in [0.25, 0.3) is 0 Å². The number of hydrogen-bond acceptors (Lipinski definition) is 18. The molecule has 2 heterocycles. The molecule has 0 unspecified atom stereocenters. The molecule has 1 aromatic heterocycles.